The number of piperidine rings is 1. The van der Waals surface area contributed by atoms with Gasteiger partial charge in [0.05, 0.1) is 5.54 Å². The SMILES string of the molecule is CC1(C2CC2)NCCCC1=O. The lowest BCUT2D eigenvalue weighted by Crippen LogP contribution is -2.54. The Morgan fingerprint density at radius 2 is 2.27 bits per heavy atom. The van der Waals surface area contributed by atoms with Gasteiger partial charge in [0, 0.05) is 6.42 Å². The smallest absolute Gasteiger partial charge is 0.152 e. The number of hydrogen-bond acceptors (Lipinski definition) is 2. The third-order valence-electron chi connectivity index (χ3n) is 3.05. The maximum Gasteiger partial charge on any atom is 0.152 e. The highest BCUT2D eigenvalue weighted by atomic mass is 16.1. The van der Waals surface area contributed by atoms with Crippen molar-refractivity contribution in [3.8, 4) is 0 Å². The van der Waals surface area contributed by atoms with Crippen LogP contribution in [0.1, 0.15) is 32.6 Å². The molecule has 1 saturated heterocycles. The first-order valence-electron chi connectivity index (χ1n) is 4.52. The fourth-order valence-corrected chi connectivity index (χ4v) is 1.99. The van der Waals surface area contributed by atoms with Crippen LogP contribution >= 0.6 is 0 Å². The van der Waals surface area contributed by atoms with Gasteiger partial charge < -0.3 is 5.32 Å². The molecule has 2 fully saturated rings. The first-order valence-corrected chi connectivity index (χ1v) is 4.52. The van der Waals surface area contributed by atoms with Gasteiger partial charge in [0.1, 0.15) is 0 Å². The molecule has 1 atom stereocenters. The maximum absolute atomic E-state index is 11.5. The number of hydrogen-bond donors (Lipinski definition) is 1. The molecule has 62 valence electrons. The number of carbonyl (C=O) groups is 1. The van der Waals surface area contributed by atoms with Gasteiger partial charge in [-0.25, -0.2) is 0 Å². The average molecular weight is 153 g/mol. The summed E-state index contributed by atoms with van der Waals surface area (Å²) in [5.74, 6) is 1.08. The van der Waals surface area contributed by atoms with Crippen LogP contribution in [-0.4, -0.2) is 17.9 Å². The minimum absolute atomic E-state index is 0.141. The lowest BCUT2D eigenvalue weighted by molar-refractivity contribution is -0.127. The Hall–Kier alpha value is -0.370. The summed E-state index contributed by atoms with van der Waals surface area (Å²) in [5, 5.41) is 3.36. The molecule has 1 heterocycles. The van der Waals surface area contributed by atoms with E-state index in [1.54, 1.807) is 0 Å². The van der Waals surface area contributed by atoms with Crippen molar-refractivity contribution < 1.29 is 4.79 Å². The second-order valence-electron chi connectivity index (χ2n) is 3.93. The maximum atomic E-state index is 11.5. The summed E-state index contributed by atoms with van der Waals surface area (Å²) >= 11 is 0. The van der Waals surface area contributed by atoms with Gasteiger partial charge in [-0.1, -0.05) is 0 Å². The van der Waals surface area contributed by atoms with Crippen molar-refractivity contribution in [2.24, 2.45) is 5.92 Å². The third kappa shape index (κ3) is 1.09. The van der Waals surface area contributed by atoms with Gasteiger partial charge in [0.15, 0.2) is 5.78 Å². The van der Waals surface area contributed by atoms with Crippen LogP contribution in [-0.2, 0) is 4.79 Å². The zero-order valence-electron chi connectivity index (χ0n) is 7.02. The first kappa shape index (κ1) is 7.29. The van der Waals surface area contributed by atoms with Gasteiger partial charge in [-0.3, -0.25) is 4.79 Å². The summed E-state index contributed by atoms with van der Waals surface area (Å²) < 4.78 is 0. The van der Waals surface area contributed by atoms with Crippen LogP contribution in [0.2, 0.25) is 0 Å². The molecular formula is C9H15NO. The Morgan fingerprint density at radius 1 is 1.55 bits per heavy atom. The molecule has 2 heteroatoms. The molecule has 2 nitrogen and oxygen atoms in total. The monoisotopic (exact) mass is 153 g/mol. The number of ketones is 1. The number of nitrogens with one attached hydrogen (secondary N) is 1. The van der Waals surface area contributed by atoms with Crippen LogP contribution in [0.4, 0.5) is 0 Å². The van der Waals surface area contributed by atoms with Crippen molar-refractivity contribution in [2.75, 3.05) is 6.54 Å². The highest BCUT2D eigenvalue weighted by molar-refractivity contribution is 5.89. The first-order chi connectivity index (χ1) is 5.23. The van der Waals surface area contributed by atoms with Crippen LogP contribution in [0, 0.1) is 5.92 Å². The van der Waals surface area contributed by atoms with Crippen molar-refractivity contribution in [3.63, 3.8) is 0 Å². The molecule has 2 rings (SSSR count). The molecule has 1 aliphatic heterocycles. The van der Waals surface area contributed by atoms with Gasteiger partial charge in [0.2, 0.25) is 0 Å². The van der Waals surface area contributed by atoms with E-state index in [9.17, 15) is 4.79 Å². The summed E-state index contributed by atoms with van der Waals surface area (Å²) in [5.41, 5.74) is -0.141. The zero-order chi connectivity index (χ0) is 7.90. The fraction of sp³-hybridized carbons (Fsp3) is 0.889. The molecule has 0 bridgehead atoms. The molecule has 0 aromatic carbocycles. The van der Waals surface area contributed by atoms with Crippen LogP contribution in [0.15, 0.2) is 0 Å². The zero-order valence-corrected chi connectivity index (χ0v) is 7.02. The normalized spacial score (nSPS) is 39.2. The highest BCUT2D eigenvalue weighted by Gasteiger charge is 2.47. The molecule has 0 amide bonds. The van der Waals surface area contributed by atoms with Gasteiger partial charge in [-0.15, -0.1) is 0 Å². The standard InChI is InChI=1S/C9H15NO/c1-9(7-4-5-7)8(11)3-2-6-10-9/h7,10H,2-6H2,1H3. The van der Waals surface area contributed by atoms with E-state index in [0.717, 1.165) is 19.4 Å². The highest BCUT2D eigenvalue weighted by Crippen LogP contribution is 2.41. The molecule has 1 aliphatic carbocycles. The minimum atomic E-state index is -0.141. The number of carbonyl (C=O) groups excluding carboxylic acids is 1. The fourth-order valence-electron chi connectivity index (χ4n) is 1.99. The quantitative estimate of drug-likeness (QED) is 0.611. The van der Waals surface area contributed by atoms with E-state index in [0.29, 0.717) is 11.7 Å². The van der Waals surface area contributed by atoms with Gasteiger partial charge in [-0.05, 0) is 38.6 Å². The van der Waals surface area contributed by atoms with E-state index < -0.39 is 0 Å². The topological polar surface area (TPSA) is 29.1 Å². The molecule has 1 N–H and O–H groups in total. The summed E-state index contributed by atoms with van der Waals surface area (Å²) in [7, 11) is 0. The van der Waals surface area contributed by atoms with E-state index in [1.165, 1.54) is 12.8 Å². The lowest BCUT2D eigenvalue weighted by atomic mass is 9.85. The van der Waals surface area contributed by atoms with E-state index >= 15 is 0 Å². The third-order valence-corrected chi connectivity index (χ3v) is 3.05. The Balaban J connectivity index is 2.12. The van der Waals surface area contributed by atoms with Crippen LogP contribution in [0.5, 0.6) is 0 Å². The van der Waals surface area contributed by atoms with Gasteiger partial charge >= 0.3 is 0 Å². The van der Waals surface area contributed by atoms with Crippen LogP contribution in [0.25, 0.3) is 0 Å². The van der Waals surface area contributed by atoms with Crippen LogP contribution in [0.3, 0.4) is 0 Å². The summed E-state index contributed by atoms with van der Waals surface area (Å²) in [6.07, 6.45) is 4.31. The van der Waals surface area contributed by atoms with Crippen molar-refractivity contribution >= 4 is 5.78 Å². The largest absolute Gasteiger partial charge is 0.305 e. The predicted octanol–water partition coefficient (Wildman–Crippen LogP) is 1.11. The summed E-state index contributed by atoms with van der Waals surface area (Å²) in [4.78, 5) is 11.5. The summed E-state index contributed by atoms with van der Waals surface area (Å²) in [6, 6.07) is 0. The molecule has 1 saturated carbocycles. The second-order valence-corrected chi connectivity index (χ2v) is 3.93. The van der Waals surface area contributed by atoms with E-state index in [4.69, 9.17) is 0 Å². The molecule has 0 aromatic rings. The Labute approximate surface area is 67.4 Å². The van der Waals surface area contributed by atoms with Crippen molar-refractivity contribution in [3.05, 3.63) is 0 Å². The predicted molar refractivity (Wildman–Crippen MR) is 43.4 cm³/mol. The number of Topliss-reactive ketones (excluding diaryl/α,β-unsaturated/α-hetero) is 1. The van der Waals surface area contributed by atoms with Gasteiger partial charge in [-0.2, -0.15) is 0 Å². The molecule has 2 aliphatic rings. The lowest BCUT2D eigenvalue weighted by Gasteiger charge is -2.33. The average Bonchev–Trinajstić information content (AvgIpc) is 2.77. The van der Waals surface area contributed by atoms with Crippen LogP contribution < -0.4 is 5.32 Å². The molecule has 0 aromatic heterocycles. The van der Waals surface area contributed by atoms with E-state index in [1.807, 2.05) is 0 Å². The molecule has 0 spiro atoms. The molecular weight excluding hydrogens is 138 g/mol. The molecule has 1 unspecified atom stereocenters. The Bertz CT molecular complexity index is 186. The van der Waals surface area contributed by atoms with E-state index in [-0.39, 0.29) is 5.54 Å². The molecule has 11 heavy (non-hydrogen) atoms. The van der Waals surface area contributed by atoms with Crippen molar-refractivity contribution in [2.45, 2.75) is 38.1 Å². The Morgan fingerprint density at radius 3 is 2.82 bits per heavy atom. The van der Waals surface area contributed by atoms with E-state index in [2.05, 4.69) is 12.2 Å². The number of rotatable bonds is 1. The summed E-state index contributed by atoms with van der Waals surface area (Å²) in [6.45, 7) is 3.10. The van der Waals surface area contributed by atoms with Gasteiger partial charge in [0.25, 0.3) is 0 Å². The minimum Gasteiger partial charge on any atom is -0.305 e. The van der Waals surface area contributed by atoms with Crippen molar-refractivity contribution in [1.82, 2.24) is 5.32 Å². The van der Waals surface area contributed by atoms with Crippen molar-refractivity contribution in [1.29, 1.82) is 0 Å². The second kappa shape index (κ2) is 2.31. The Kier molecular flexibility index (Phi) is 1.53. The molecule has 0 radical (unpaired) electrons.